The lowest BCUT2D eigenvalue weighted by Gasteiger charge is -2.23. The highest BCUT2D eigenvalue weighted by Crippen LogP contribution is 2.41. The van der Waals surface area contributed by atoms with Crippen LogP contribution in [-0.4, -0.2) is 57.7 Å². The van der Waals surface area contributed by atoms with E-state index in [9.17, 15) is 18.4 Å². The van der Waals surface area contributed by atoms with Gasteiger partial charge in [-0.25, -0.2) is 18.7 Å². The maximum absolute atomic E-state index is 13.1. The van der Waals surface area contributed by atoms with Gasteiger partial charge < -0.3 is 20.5 Å². The van der Waals surface area contributed by atoms with Gasteiger partial charge in [0.05, 0.1) is 17.1 Å². The van der Waals surface area contributed by atoms with E-state index in [1.54, 1.807) is 43.3 Å². The van der Waals surface area contributed by atoms with Crippen molar-refractivity contribution in [1.29, 1.82) is 0 Å². The maximum Gasteiger partial charge on any atom is 0.254 e. The van der Waals surface area contributed by atoms with Gasteiger partial charge in [0, 0.05) is 36.5 Å². The number of carbonyl (C=O) groups excluding carboxylic acids is 2. The molecule has 10 heteroatoms. The zero-order chi connectivity index (χ0) is 27.6. The van der Waals surface area contributed by atoms with Crippen molar-refractivity contribution in [2.24, 2.45) is 7.05 Å². The molecule has 0 unspecified atom stereocenters. The van der Waals surface area contributed by atoms with Crippen molar-refractivity contribution in [3.8, 4) is 22.4 Å². The zero-order valence-electron chi connectivity index (χ0n) is 21.3. The summed E-state index contributed by atoms with van der Waals surface area (Å²) in [6.07, 6.45) is 1.39. The Bertz CT molecular complexity index is 1510. The number of hydrogen-bond acceptors (Lipinski definition) is 5. The van der Waals surface area contributed by atoms with Gasteiger partial charge in [-0.05, 0) is 42.3 Å². The number of amides is 2. The lowest BCUT2D eigenvalue weighted by Crippen LogP contribution is -2.39. The molecule has 0 spiro atoms. The van der Waals surface area contributed by atoms with Crippen LogP contribution in [0.15, 0.2) is 67.0 Å². The van der Waals surface area contributed by atoms with Crippen molar-refractivity contribution in [2.75, 3.05) is 31.4 Å². The van der Waals surface area contributed by atoms with Gasteiger partial charge in [0.2, 0.25) is 0 Å². The number of fused-ring (bicyclic) bond motifs is 1. The maximum atomic E-state index is 13.1. The van der Waals surface area contributed by atoms with E-state index in [1.165, 1.54) is 13.4 Å². The Morgan fingerprint density at radius 2 is 1.66 bits per heavy atom. The summed E-state index contributed by atoms with van der Waals surface area (Å²) in [4.78, 5) is 34.4. The standard InChI is InChI=1S/C28H28F2N6O2/c1-16(2)27(37)34-20-11-9-18(10-12-20)24-22(23-25(31)32-15-33-26(23)36(24)4)17-5-7-19(8-6-17)28(38)35(3)21(13-29)14-30/h5-12,15,21H,1,13-14H2,2-4H3,(H,34,37)(H2,31,32,33). The summed E-state index contributed by atoms with van der Waals surface area (Å²) in [7, 11) is 3.24. The predicted octanol–water partition coefficient (Wildman–Crippen LogP) is 4.78. The molecule has 0 fully saturated rings. The van der Waals surface area contributed by atoms with Crippen molar-refractivity contribution in [2.45, 2.75) is 13.0 Å². The van der Waals surface area contributed by atoms with Gasteiger partial charge in [-0.2, -0.15) is 0 Å². The first-order chi connectivity index (χ1) is 18.2. The number of hydrogen-bond donors (Lipinski definition) is 2. The molecule has 0 radical (unpaired) electrons. The molecule has 4 aromatic rings. The van der Waals surface area contributed by atoms with Crippen LogP contribution >= 0.6 is 0 Å². The lowest BCUT2D eigenvalue weighted by molar-refractivity contribution is -0.112. The minimum atomic E-state index is -1.13. The number of halogens is 2. The highest BCUT2D eigenvalue weighted by atomic mass is 19.1. The average Bonchev–Trinajstić information content (AvgIpc) is 3.22. The number of nitrogens with zero attached hydrogens (tertiary/aromatic N) is 4. The molecule has 0 saturated heterocycles. The van der Waals surface area contributed by atoms with Crippen LogP contribution < -0.4 is 11.1 Å². The van der Waals surface area contributed by atoms with E-state index in [0.717, 1.165) is 27.3 Å². The molecule has 0 aliphatic carbocycles. The van der Waals surface area contributed by atoms with Crippen molar-refractivity contribution in [3.63, 3.8) is 0 Å². The summed E-state index contributed by atoms with van der Waals surface area (Å²) in [6, 6.07) is 12.9. The molecule has 2 aromatic carbocycles. The minimum Gasteiger partial charge on any atom is -0.383 e. The Morgan fingerprint density at radius 1 is 1.05 bits per heavy atom. The van der Waals surface area contributed by atoms with Gasteiger partial charge in [0.1, 0.15) is 31.1 Å². The zero-order valence-corrected chi connectivity index (χ0v) is 21.3. The van der Waals surface area contributed by atoms with Crippen LogP contribution in [0.5, 0.6) is 0 Å². The Morgan fingerprint density at radius 3 is 2.24 bits per heavy atom. The van der Waals surface area contributed by atoms with Crippen LogP contribution in [0.1, 0.15) is 17.3 Å². The first-order valence-electron chi connectivity index (χ1n) is 11.8. The molecular formula is C28H28F2N6O2. The van der Waals surface area contributed by atoms with E-state index in [1.807, 2.05) is 23.7 Å². The number of rotatable bonds is 8. The summed E-state index contributed by atoms with van der Waals surface area (Å²) < 4.78 is 28.1. The van der Waals surface area contributed by atoms with Gasteiger partial charge in [-0.1, -0.05) is 30.8 Å². The summed E-state index contributed by atoms with van der Waals surface area (Å²) >= 11 is 0. The molecule has 0 saturated carbocycles. The third-order valence-corrected chi connectivity index (χ3v) is 6.45. The first-order valence-corrected chi connectivity index (χ1v) is 11.8. The first kappa shape index (κ1) is 26.5. The fourth-order valence-electron chi connectivity index (χ4n) is 4.24. The summed E-state index contributed by atoms with van der Waals surface area (Å²) in [5.41, 5.74) is 11.4. The van der Waals surface area contributed by atoms with Gasteiger partial charge >= 0.3 is 0 Å². The summed E-state index contributed by atoms with van der Waals surface area (Å²) in [6.45, 7) is 3.35. The fourth-order valence-corrected chi connectivity index (χ4v) is 4.24. The molecule has 0 aliphatic rings. The number of aryl methyl sites for hydroxylation is 1. The van der Waals surface area contributed by atoms with Crippen LogP contribution in [0, 0.1) is 0 Å². The second-order valence-electron chi connectivity index (χ2n) is 9.01. The second-order valence-corrected chi connectivity index (χ2v) is 9.01. The lowest BCUT2D eigenvalue weighted by atomic mass is 9.97. The third kappa shape index (κ3) is 4.84. The highest BCUT2D eigenvalue weighted by molar-refractivity contribution is 6.08. The Hall–Kier alpha value is -4.60. The van der Waals surface area contributed by atoms with E-state index in [0.29, 0.717) is 33.7 Å². The van der Waals surface area contributed by atoms with Crippen LogP contribution in [0.4, 0.5) is 20.3 Å². The molecule has 2 amide bonds. The SMILES string of the molecule is C=C(C)C(=O)Nc1ccc(-c2c(-c3ccc(C(=O)N(C)C(CF)CF)cc3)c3c(N)ncnc3n2C)cc1. The number of aromatic nitrogens is 3. The molecule has 0 aliphatic heterocycles. The smallest absolute Gasteiger partial charge is 0.254 e. The van der Waals surface area contributed by atoms with Gasteiger partial charge in [0.25, 0.3) is 11.8 Å². The predicted molar refractivity (Wildman–Crippen MR) is 145 cm³/mol. The number of nitrogens with one attached hydrogen (secondary N) is 1. The van der Waals surface area contributed by atoms with Crippen molar-refractivity contribution < 1.29 is 18.4 Å². The van der Waals surface area contributed by atoms with Gasteiger partial charge in [-0.3, -0.25) is 9.59 Å². The molecule has 2 heterocycles. The van der Waals surface area contributed by atoms with Crippen LogP contribution in [0.25, 0.3) is 33.4 Å². The van der Waals surface area contributed by atoms with Gasteiger partial charge in [-0.15, -0.1) is 0 Å². The molecule has 4 rings (SSSR count). The number of carbonyl (C=O) groups is 2. The largest absolute Gasteiger partial charge is 0.383 e. The second kappa shape index (κ2) is 10.8. The number of nitrogen functional groups attached to an aromatic ring is 1. The van der Waals surface area contributed by atoms with E-state index in [4.69, 9.17) is 5.73 Å². The highest BCUT2D eigenvalue weighted by Gasteiger charge is 2.24. The molecule has 2 aromatic heterocycles. The average molecular weight is 519 g/mol. The van der Waals surface area contributed by atoms with Gasteiger partial charge in [0.15, 0.2) is 0 Å². The minimum absolute atomic E-state index is 0.268. The fraction of sp³-hybridized carbons (Fsp3) is 0.214. The van der Waals surface area contributed by atoms with Crippen LogP contribution in [0.3, 0.4) is 0 Å². The topological polar surface area (TPSA) is 106 Å². The van der Waals surface area contributed by atoms with E-state index >= 15 is 0 Å². The van der Waals surface area contributed by atoms with E-state index in [-0.39, 0.29) is 5.91 Å². The number of benzene rings is 2. The molecule has 196 valence electrons. The summed E-state index contributed by atoms with van der Waals surface area (Å²) in [5, 5.41) is 3.44. The Kier molecular flexibility index (Phi) is 7.52. The molecule has 3 N–H and O–H groups in total. The normalized spacial score (nSPS) is 11.1. The van der Waals surface area contributed by atoms with Crippen molar-refractivity contribution >= 4 is 34.4 Å². The van der Waals surface area contributed by atoms with E-state index < -0.39 is 25.3 Å². The van der Waals surface area contributed by atoms with Crippen molar-refractivity contribution in [3.05, 3.63) is 72.6 Å². The van der Waals surface area contributed by atoms with Crippen LogP contribution in [-0.2, 0) is 11.8 Å². The molecule has 0 bridgehead atoms. The Balaban J connectivity index is 1.80. The Labute approximate surface area is 218 Å². The molecular weight excluding hydrogens is 490 g/mol. The van der Waals surface area contributed by atoms with E-state index in [2.05, 4.69) is 21.9 Å². The number of nitrogens with two attached hydrogens (primary N) is 1. The monoisotopic (exact) mass is 518 g/mol. The summed E-state index contributed by atoms with van der Waals surface area (Å²) in [5.74, 6) is -0.452. The number of anilines is 2. The van der Waals surface area contributed by atoms with Crippen LogP contribution in [0.2, 0.25) is 0 Å². The third-order valence-electron chi connectivity index (χ3n) is 6.45. The number of alkyl halides is 2. The molecule has 0 atom stereocenters. The van der Waals surface area contributed by atoms with Crippen molar-refractivity contribution in [1.82, 2.24) is 19.4 Å². The quantitative estimate of drug-likeness (QED) is 0.327. The molecule has 38 heavy (non-hydrogen) atoms. The molecule has 8 nitrogen and oxygen atoms in total.